The van der Waals surface area contributed by atoms with Gasteiger partial charge in [-0.15, -0.1) is 0 Å². The zero-order valence-corrected chi connectivity index (χ0v) is 35.6. The van der Waals surface area contributed by atoms with Crippen LogP contribution in [0.2, 0.25) is 0 Å². The highest BCUT2D eigenvalue weighted by Crippen LogP contribution is 2.42. The van der Waals surface area contributed by atoms with Gasteiger partial charge in [0, 0.05) is 88.3 Å². The molecule has 3 saturated heterocycles. The number of halogens is 2. The third kappa shape index (κ3) is 9.32. The number of carbonyl (C=O) groups is 2. The van der Waals surface area contributed by atoms with Crippen LogP contribution in [0.4, 0.5) is 25.1 Å². The zero-order valence-electron chi connectivity index (χ0n) is 34.8. The maximum Gasteiger partial charge on any atom is 0.329 e. The second kappa shape index (κ2) is 18.9. The Kier molecular flexibility index (Phi) is 13.2. The summed E-state index contributed by atoms with van der Waals surface area (Å²) < 4.78 is 47.9. The van der Waals surface area contributed by atoms with Crippen molar-refractivity contribution in [3.63, 3.8) is 0 Å². The molecule has 5 aromatic rings. The summed E-state index contributed by atoms with van der Waals surface area (Å²) in [6, 6.07) is 13.2. The fourth-order valence-corrected chi connectivity index (χ4v) is 9.64. The number of ether oxygens (including phenoxy) is 2. The molecule has 1 saturated carbocycles. The number of aryl methyl sites for hydroxylation is 1. The van der Waals surface area contributed by atoms with E-state index in [9.17, 15) is 19.2 Å². The van der Waals surface area contributed by atoms with Gasteiger partial charge in [-0.3, -0.25) is 29.7 Å². The second-order valence-electron chi connectivity index (χ2n) is 16.3. The minimum Gasteiger partial charge on any atom is -0.453 e. The predicted octanol–water partition coefficient (Wildman–Crippen LogP) is 7.16. The van der Waals surface area contributed by atoms with Crippen LogP contribution >= 0.6 is 12.1 Å². The average Bonchev–Trinajstić information content (AvgIpc) is 3.87. The van der Waals surface area contributed by atoms with Crippen molar-refractivity contribution in [2.75, 3.05) is 56.1 Å². The molecule has 0 atom stereocenters. The predicted molar refractivity (Wildman–Crippen MR) is 232 cm³/mol. The minimum atomic E-state index is -0.648. The lowest BCUT2D eigenvalue weighted by molar-refractivity contribution is -0.120. The number of nitriles is 1. The fourth-order valence-electron chi connectivity index (χ4n) is 9.04. The molecular formula is C44H50F2N10O5S. The first kappa shape index (κ1) is 43.2. The molecule has 0 radical (unpaired) electrons. The Labute approximate surface area is 362 Å². The molecule has 2 aromatic heterocycles. The van der Waals surface area contributed by atoms with Crippen molar-refractivity contribution in [2.45, 2.75) is 75.3 Å². The Morgan fingerprint density at radius 1 is 1.03 bits per heavy atom. The van der Waals surface area contributed by atoms with E-state index in [2.05, 4.69) is 30.0 Å². The summed E-state index contributed by atoms with van der Waals surface area (Å²) in [5.41, 5.74) is 3.44. The van der Waals surface area contributed by atoms with Gasteiger partial charge in [-0.2, -0.15) is 10.4 Å². The van der Waals surface area contributed by atoms with E-state index in [0.29, 0.717) is 46.3 Å². The summed E-state index contributed by atoms with van der Waals surface area (Å²) in [4.78, 5) is 36.3. The number of rotatable bonds is 10. The van der Waals surface area contributed by atoms with E-state index in [0.717, 1.165) is 69.3 Å². The van der Waals surface area contributed by atoms with E-state index < -0.39 is 11.8 Å². The van der Waals surface area contributed by atoms with E-state index in [1.54, 1.807) is 46.6 Å². The smallest absolute Gasteiger partial charge is 0.329 e. The van der Waals surface area contributed by atoms with Crippen LogP contribution in [0.1, 0.15) is 74.8 Å². The molecule has 1 aliphatic carbocycles. The first-order chi connectivity index (χ1) is 30.0. The average molecular weight is 869 g/mol. The van der Waals surface area contributed by atoms with Gasteiger partial charge in [0.2, 0.25) is 5.91 Å². The highest BCUT2D eigenvalue weighted by Gasteiger charge is 2.40. The van der Waals surface area contributed by atoms with E-state index in [1.165, 1.54) is 48.1 Å². The van der Waals surface area contributed by atoms with Gasteiger partial charge in [-0.1, -0.05) is 0 Å². The molecule has 4 aliphatic rings. The number of hydrogen-bond donors (Lipinski definition) is 3. The van der Waals surface area contributed by atoms with E-state index in [-0.39, 0.29) is 54.1 Å². The van der Waals surface area contributed by atoms with Crippen LogP contribution < -0.4 is 19.7 Å². The number of urea groups is 1. The number of aliphatic hydroxyl groups excluding tert-OH is 1. The number of imide groups is 1. The first-order valence-corrected chi connectivity index (χ1v) is 21.8. The van der Waals surface area contributed by atoms with Crippen LogP contribution in [0.25, 0.3) is 21.9 Å². The van der Waals surface area contributed by atoms with Crippen molar-refractivity contribution in [2.24, 2.45) is 7.05 Å². The van der Waals surface area contributed by atoms with Gasteiger partial charge < -0.3 is 24.2 Å². The SMILES string of the molecule is CN(CCO)SNc1ccc(F)c(Oc2ccc3nccnc3c2)c1C#N.Cn1nc(N2CCC(=O)NC2=O)c2cc(F)c(C3CCC(N4CCC5(CCCO5)CC4)CC3)cc21. The molecular weight excluding hydrogens is 819 g/mol. The number of anilines is 2. The Balaban J connectivity index is 0.000000177. The fraction of sp³-hybridized carbons (Fsp3) is 0.455. The Hall–Kier alpha value is -5.45. The van der Waals surface area contributed by atoms with Crippen molar-refractivity contribution < 1.29 is 33.0 Å². The summed E-state index contributed by atoms with van der Waals surface area (Å²) in [6.45, 7) is 3.82. The number of likely N-dealkylation sites (tertiary alicyclic amines) is 1. The van der Waals surface area contributed by atoms with E-state index in [4.69, 9.17) is 14.6 Å². The quantitative estimate of drug-likeness (QED) is 0.121. The van der Waals surface area contributed by atoms with Crippen LogP contribution in [0.15, 0.2) is 54.9 Å². The summed E-state index contributed by atoms with van der Waals surface area (Å²) in [5.74, 6) is -0.412. The van der Waals surface area contributed by atoms with Crippen molar-refractivity contribution in [1.82, 2.24) is 34.3 Å². The first-order valence-electron chi connectivity index (χ1n) is 21.1. The van der Waals surface area contributed by atoms with Gasteiger partial charge in [0.15, 0.2) is 17.4 Å². The molecule has 5 heterocycles. The third-order valence-electron chi connectivity index (χ3n) is 12.4. The van der Waals surface area contributed by atoms with E-state index >= 15 is 4.39 Å². The lowest BCUT2D eigenvalue weighted by Gasteiger charge is -2.44. The van der Waals surface area contributed by atoms with Gasteiger partial charge in [-0.05, 0) is 106 Å². The number of carbonyl (C=O) groups excluding carboxylic acids is 2. The third-order valence-corrected chi connectivity index (χ3v) is 13.2. The maximum atomic E-state index is 15.4. The van der Waals surface area contributed by atoms with Gasteiger partial charge in [0.1, 0.15) is 23.2 Å². The van der Waals surface area contributed by atoms with Crippen molar-refractivity contribution in [1.29, 1.82) is 5.26 Å². The maximum absolute atomic E-state index is 15.4. The van der Waals surface area contributed by atoms with Gasteiger partial charge in [-0.25, -0.2) is 17.9 Å². The lowest BCUT2D eigenvalue weighted by Crippen LogP contribution is -2.49. The molecule has 3 N–H and O–H groups in total. The molecule has 4 fully saturated rings. The molecule has 9 rings (SSSR count). The van der Waals surface area contributed by atoms with Crippen molar-refractivity contribution >= 4 is 57.5 Å². The highest BCUT2D eigenvalue weighted by atomic mass is 32.2. The summed E-state index contributed by atoms with van der Waals surface area (Å²) in [5, 5.41) is 25.9. The molecule has 0 unspecified atom stereocenters. The standard InChI is InChI=1S/C26H34FN5O3.C18H16FN5O2S/c1-30-22-16-19(21(27)15-20(22)24(29-30)32-11-7-23(33)28-25(32)34)17-3-5-18(6-4-17)31-12-9-26(10-13-31)8-2-14-35-26;1-24(8-9-25)27-23-15-5-3-14(19)18(13(15)11-20)26-12-2-4-16-17(10-12)22-7-6-21-16/h15-18H,2-14H2,1H3,(H,28,33,34);2-7,10,23,25H,8-9H2,1H3. The topological polar surface area (TPSA) is 174 Å². The zero-order chi connectivity index (χ0) is 43.4. The number of piperidine rings is 1. The molecule has 1 spiro atoms. The van der Waals surface area contributed by atoms with E-state index in [1.807, 2.05) is 19.2 Å². The van der Waals surface area contributed by atoms with Crippen LogP contribution in [0.5, 0.6) is 11.5 Å². The van der Waals surface area contributed by atoms with Crippen molar-refractivity contribution in [3.05, 3.63) is 77.6 Å². The lowest BCUT2D eigenvalue weighted by atomic mass is 9.79. The number of fused-ring (bicyclic) bond motifs is 2. The molecule has 3 aromatic carbocycles. The summed E-state index contributed by atoms with van der Waals surface area (Å²) >= 11 is 1.18. The van der Waals surface area contributed by atoms with Crippen molar-refractivity contribution in [3.8, 4) is 17.6 Å². The summed E-state index contributed by atoms with van der Waals surface area (Å²) in [6.07, 6.45) is 12.2. The molecule has 3 amide bonds. The largest absolute Gasteiger partial charge is 0.453 e. The Morgan fingerprint density at radius 3 is 2.52 bits per heavy atom. The molecule has 18 heteroatoms. The monoisotopic (exact) mass is 868 g/mol. The Bertz CT molecular complexity index is 2480. The minimum absolute atomic E-state index is 0.00107. The second-order valence-corrected chi connectivity index (χ2v) is 17.3. The highest BCUT2D eigenvalue weighted by molar-refractivity contribution is 7.98. The number of aliphatic hydroxyl groups is 1. The van der Waals surface area contributed by atoms with Crippen LogP contribution in [0.3, 0.4) is 0 Å². The number of nitrogens with zero attached hydrogens (tertiary/aromatic N) is 8. The molecule has 15 nitrogen and oxygen atoms in total. The number of amides is 3. The molecule has 326 valence electrons. The number of likely N-dealkylation sites (N-methyl/N-ethyl adjacent to an activating group) is 1. The Morgan fingerprint density at radius 2 is 1.81 bits per heavy atom. The molecule has 62 heavy (non-hydrogen) atoms. The van der Waals surface area contributed by atoms with Crippen LogP contribution in [-0.2, 0) is 16.6 Å². The van der Waals surface area contributed by atoms with Gasteiger partial charge >= 0.3 is 6.03 Å². The van der Waals surface area contributed by atoms with Gasteiger partial charge in [0.05, 0.1) is 34.4 Å². The number of nitrogens with one attached hydrogen (secondary N) is 2. The van der Waals surface area contributed by atoms with Crippen LogP contribution in [0, 0.1) is 23.0 Å². The van der Waals surface area contributed by atoms with Gasteiger partial charge in [0.25, 0.3) is 0 Å². The molecule has 0 bridgehead atoms. The number of benzene rings is 3. The number of aromatic nitrogens is 4. The molecule has 3 aliphatic heterocycles. The van der Waals surface area contributed by atoms with Crippen LogP contribution in [-0.4, -0.2) is 104 Å². The number of hydrogen-bond acceptors (Lipinski definition) is 13. The normalized spacial score (nSPS) is 20.3. The summed E-state index contributed by atoms with van der Waals surface area (Å²) in [7, 11) is 3.59.